The minimum absolute atomic E-state index is 0.0311. The molecule has 0 aliphatic carbocycles. The maximum atomic E-state index is 13.6. The van der Waals surface area contributed by atoms with Gasteiger partial charge in [-0.15, -0.1) is 0 Å². The number of hydrogen-bond acceptors (Lipinski definition) is 4. The maximum absolute atomic E-state index is 13.6. The molecular weight excluding hydrogens is 325 g/mol. The van der Waals surface area contributed by atoms with E-state index in [1.807, 2.05) is 18.9 Å². The zero-order valence-electron chi connectivity index (χ0n) is 14.7. The summed E-state index contributed by atoms with van der Waals surface area (Å²) in [6.45, 7) is 3.53. The molecule has 1 aliphatic rings. The van der Waals surface area contributed by atoms with Gasteiger partial charge in [0.1, 0.15) is 5.82 Å². The molecule has 0 radical (unpaired) electrons. The molecule has 138 valence electrons. The average Bonchev–Trinajstić information content (AvgIpc) is 2.59. The van der Waals surface area contributed by atoms with Crippen molar-refractivity contribution in [3.8, 4) is 0 Å². The Kier molecular flexibility index (Phi) is 6.90. The molecule has 0 aromatic heterocycles. The molecule has 25 heavy (non-hydrogen) atoms. The minimum atomic E-state index is -0.828. The maximum Gasteiger partial charge on any atom is 0.317 e. The lowest BCUT2D eigenvalue weighted by Gasteiger charge is -2.38. The monoisotopic (exact) mass is 351 g/mol. The van der Waals surface area contributed by atoms with E-state index in [1.54, 1.807) is 18.2 Å². The normalized spacial score (nSPS) is 17.4. The average molecular weight is 351 g/mol. The first-order chi connectivity index (χ1) is 11.9. The van der Waals surface area contributed by atoms with Crippen LogP contribution < -0.4 is 5.32 Å². The topological polar surface area (TPSA) is 72.9 Å². The number of amides is 1. The predicted octanol–water partition coefficient (Wildman–Crippen LogP) is 1.31. The Bertz CT molecular complexity index is 603. The number of aliphatic carboxylic acids is 1. The summed E-state index contributed by atoms with van der Waals surface area (Å²) in [5, 5.41) is 11.7. The second-order valence-electron chi connectivity index (χ2n) is 6.56. The number of hydrogen-bond donors (Lipinski definition) is 2. The van der Waals surface area contributed by atoms with Crippen molar-refractivity contribution in [2.75, 3.05) is 26.7 Å². The van der Waals surface area contributed by atoms with Crippen LogP contribution in [0.5, 0.6) is 0 Å². The lowest BCUT2D eigenvalue weighted by atomic mass is 10.0. The summed E-state index contributed by atoms with van der Waals surface area (Å²) in [5.74, 6) is -1.27. The van der Waals surface area contributed by atoms with Gasteiger partial charge in [-0.05, 0) is 32.9 Å². The molecule has 1 unspecified atom stereocenters. The van der Waals surface area contributed by atoms with Gasteiger partial charge in [0.2, 0.25) is 5.91 Å². The van der Waals surface area contributed by atoms with Crippen LogP contribution in [0.2, 0.25) is 0 Å². The number of likely N-dealkylation sites (N-methyl/N-ethyl adjacent to an activating group) is 1. The standard InChI is InChI=1S/C18H26FN3O3/c1-13(18(25)20-11-14-5-3-4-6-16(14)19)22-9-7-15(8-10-22)21(2)12-17(23)24/h3-6,13,15H,7-12H2,1-2H3,(H,20,25)(H,23,24). The van der Waals surface area contributed by atoms with Gasteiger partial charge in [-0.1, -0.05) is 18.2 Å². The number of piperidine rings is 1. The summed E-state index contributed by atoms with van der Waals surface area (Å²) in [4.78, 5) is 27.1. The van der Waals surface area contributed by atoms with Crippen molar-refractivity contribution >= 4 is 11.9 Å². The number of carboxylic acids is 1. The number of likely N-dealkylation sites (tertiary alicyclic amines) is 1. The van der Waals surface area contributed by atoms with E-state index in [0.29, 0.717) is 5.56 Å². The van der Waals surface area contributed by atoms with Crippen LogP contribution in [-0.4, -0.2) is 65.5 Å². The fourth-order valence-electron chi connectivity index (χ4n) is 3.19. The van der Waals surface area contributed by atoms with Crippen molar-refractivity contribution in [3.63, 3.8) is 0 Å². The fourth-order valence-corrected chi connectivity index (χ4v) is 3.19. The Morgan fingerprint density at radius 3 is 2.60 bits per heavy atom. The van der Waals surface area contributed by atoms with Gasteiger partial charge in [-0.2, -0.15) is 0 Å². The number of nitrogens with zero attached hydrogens (tertiary/aromatic N) is 2. The molecule has 0 spiro atoms. The highest BCUT2D eigenvalue weighted by Gasteiger charge is 2.28. The third-order valence-corrected chi connectivity index (χ3v) is 4.85. The molecule has 1 heterocycles. The zero-order chi connectivity index (χ0) is 18.4. The Morgan fingerprint density at radius 1 is 1.36 bits per heavy atom. The predicted molar refractivity (Wildman–Crippen MR) is 92.6 cm³/mol. The first kappa shape index (κ1) is 19.3. The minimum Gasteiger partial charge on any atom is -0.480 e. The van der Waals surface area contributed by atoms with Gasteiger partial charge in [0.25, 0.3) is 0 Å². The van der Waals surface area contributed by atoms with Gasteiger partial charge in [0, 0.05) is 31.2 Å². The molecule has 0 saturated carbocycles. The number of carbonyl (C=O) groups is 2. The van der Waals surface area contributed by atoms with Crippen molar-refractivity contribution in [2.45, 2.75) is 38.4 Å². The summed E-state index contributed by atoms with van der Waals surface area (Å²) in [6.07, 6.45) is 1.66. The molecule has 6 nitrogen and oxygen atoms in total. The van der Waals surface area contributed by atoms with Crippen LogP contribution in [0.3, 0.4) is 0 Å². The number of nitrogens with one attached hydrogen (secondary N) is 1. The van der Waals surface area contributed by atoms with Crippen LogP contribution in [0.15, 0.2) is 24.3 Å². The van der Waals surface area contributed by atoms with Crippen LogP contribution >= 0.6 is 0 Å². The molecule has 1 aliphatic heterocycles. The number of rotatable bonds is 7. The van der Waals surface area contributed by atoms with Crippen LogP contribution in [0.1, 0.15) is 25.3 Å². The molecule has 1 aromatic carbocycles. The Morgan fingerprint density at radius 2 is 2.00 bits per heavy atom. The number of carbonyl (C=O) groups excluding carboxylic acids is 1. The number of halogens is 1. The zero-order valence-corrected chi connectivity index (χ0v) is 14.7. The molecule has 7 heteroatoms. The first-order valence-corrected chi connectivity index (χ1v) is 8.55. The lowest BCUT2D eigenvalue weighted by molar-refractivity contribution is -0.138. The summed E-state index contributed by atoms with van der Waals surface area (Å²) in [6, 6.07) is 6.33. The van der Waals surface area contributed by atoms with Gasteiger partial charge in [-0.3, -0.25) is 19.4 Å². The van der Waals surface area contributed by atoms with Crippen molar-refractivity contribution in [3.05, 3.63) is 35.6 Å². The molecule has 2 rings (SSSR count). The van der Waals surface area contributed by atoms with Gasteiger partial charge >= 0.3 is 5.97 Å². The molecule has 1 atom stereocenters. The van der Waals surface area contributed by atoms with Gasteiger partial charge in [0.05, 0.1) is 12.6 Å². The quantitative estimate of drug-likeness (QED) is 0.775. The van der Waals surface area contributed by atoms with E-state index in [1.165, 1.54) is 6.07 Å². The third kappa shape index (κ3) is 5.51. The molecule has 0 bridgehead atoms. The lowest BCUT2D eigenvalue weighted by Crippen LogP contribution is -2.51. The van der Waals surface area contributed by atoms with E-state index in [2.05, 4.69) is 10.2 Å². The van der Waals surface area contributed by atoms with Crippen LogP contribution in [0.25, 0.3) is 0 Å². The molecule has 1 amide bonds. The molecule has 1 fully saturated rings. The van der Waals surface area contributed by atoms with Crippen LogP contribution in [-0.2, 0) is 16.1 Å². The summed E-state index contributed by atoms with van der Waals surface area (Å²) in [7, 11) is 1.82. The Labute approximate surface area is 147 Å². The summed E-state index contributed by atoms with van der Waals surface area (Å²) >= 11 is 0. The Hall–Kier alpha value is -1.99. The van der Waals surface area contributed by atoms with E-state index in [4.69, 9.17) is 5.11 Å². The summed E-state index contributed by atoms with van der Waals surface area (Å²) < 4.78 is 13.6. The molecule has 1 aromatic rings. The van der Waals surface area contributed by atoms with Crippen molar-refractivity contribution < 1.29 is 19.1 Å². The smallest absolute Gasteiger partial charge is 0.317 e. The second kappa shape index (κ2) is 8.92. The van der Waals surface area contributed by atoms with Crippen LogP contribution in [0, 0.1) is 5.82 Å². The van der Waals surface area contributed by atoms with Gasteiger partial charge < -0.3 is 10.4 Å². The SMILES string of the molecule is CC(C(=O)NCc1ccccc1F)N1CCC(N(C)CC(=O)O)CC1. The first-order valence-electron chi connectivity index (χ1n) is 8.55. The Balaban J connectivity index is 1.79. The van der Waals surface area contributed by atoms with Crippen LogP contribution in [0.4, 0.5) is 4.39 Å². The highest BCUT2D eigenvalue weighted by atomic mass is 19.1. The number of benzene rings is 1. The van der Waals surface area contributed by atoms with Crippen molar-refractivity contribution in [1.82, 2.24) is 15.1 Å². The van der Waals surface area contributed by atoms with E-state index >= 15 is 0 Å². The second-order valence-corrected chi connectivity index (χ2v) is 6.56. The van der Waals surface area contributed by atoms with Gasteiger partial charge in [0.15, 0.2) is 0 Å². The number of carboxylic acid groups (broad SMARTS) is 1. The molecular formula is C18H26FN3O3. The molecule has 2 N–H and O–H groups in total. The van der Waals surface area contributed by atoms with Gasteiger partial charge in [-0.25, -0.2) is 4.39 Å². The molecule has 1 saturated heterocycles. The highest BCUT2D eigenvalue weighted by molar-refractivity contribution is 5.81. The largest absolute Gasteiger partial charge is 0.480 e. The van der Waals surface area contributed by atoms with E-state index in [-0.39, 0.29) is 36.9 Å². The highest BCUT2D eigenvalue weighted by Crippen LogP contribution is 2.17. The fraction of sp³-hybridized carbons (Fsp3) is 0.556. The van der Waals surface area contributed by atoms with E-state index in [0.717, 1.165) is 25.9 Å². The van der Waals surface area contributed by atoms with E-state index < -0.39 is 5.97 Å². The third-order valence-electron chi connectivity index (χ3n) is 4.85. The van der Waals surface area contributed by atoms with Crippen molar-refractivity contribution in [1.29, 1.82) is 0 Å². The summed E-state index contributed by atoms with van der Waals surface area (Å²) in [5.41, 5.74) is 0.469. The van der Waals surface area contributed by atoms with Crippen molar-refractivity contribution in [2.24, 2.45) is 0 Å². The van der Waals surface area contributed by atoms with E-state index in [9.17, 15) is 14.0 Å².